The molecule has 0 saturated carbocycles. The first-order valence-electron chi connectivity index (χ1n) is 7.91. The number of carbonyl (C=O) groups excluding carboxylic acids is 3. The summed E-state index contributed by atoms with van der Waals surface area (Å²) in [5.74, 6) is -3.49. The molecule has 10 N–H and O–H groups in total. The summed E-state index contributed by atoms with van der Waals surface area (Å²) in [5, 5.41) is 22.6. The first-order chi connectivity index (χ1) is 11.7. The fourth-order valence-corrected chi connectivity index (χ4v) is 1.94. The molecular formula is C14H27N5O6. The third-order valence-corrected chi connectivity index (χ3v) is 3.41. The molecule has 11 heteroatoms. The van der Waals surface area contributed by atoms with Gasteiger partial charge in [0.1, 0.15) is 18.1 Å². The summed E-state index contributed by atoms with van der Waals surface area (Å²) < 4.78 is 0. The Morgan fingerprint density at radius 1 is 0.960 bits per heavy atom. The van der Waals surface area contributed by atoms with Crippen molar-refractivity contribution in [1.29, 1.82) is 0 Å². The predicted octanol–water partition coefficient (Wildman–Crippen LogP) is -3.25. The Morgan fingerprint density at radius 3 is 2.04 bits per heavy atom. The van der Waals surface area contributed by atoms with Crippen LogP contribution in [0, 0.1) is 0 Å². The van der Waals surface area contributed by atoms with E-state index in [0.29, 0.717) is 19.4 Å². The summed E-state index contributed by atoms with van der Waals surface area (Å²) in [5.41, 5.74) is 15.7. The third-order valence-electron chi connectivity index (χ3n) is 3.41. The molecule has 0 fully saturated rings. The van der Waals surface area contributed by atoms with Crippen molar-refractivity contribution in [1.82, 2.24) is 10.6 Å². The summed E-state index contributed by atoms with van der Waals surface area (Å²) in [6.45, 7) is -0.233. The van der Waals surface area contributed by atoms with Crippen molar-refractivity contribution < 1.29 is 29.4 Å². The van der Waals surface area contributed by atoms with Gasteiger partial charge in [-0.2, -0.15) is 0 Å². The van der Waals surface area contributed by atoms with Gasteiger partial charge < -0.3 is 38.0 Å². The Labute approximate surface area is 145 Å². The van der Waals surface area contributed by atoms with Crippen molar-refractivity contribution in [3.63, 3.8) is 0 Å². The minimum absolute atomic E-state index is 0.125. The average molecular weight is 361 g/mol. The average Bonchev–Trinajstić information content (AvgIpc) is 2.56. The number of carbonyl (C=O) groups is 4. The molecule has 0 saturated heterocycles. The predicted molar refractivity (Wildman–Crippen MR) is 87.9 cm³/mol. The molecule has 0 aromatic carbocycles. The maximum Gasteiger partial charge on any atom is 0.326 e. The lowest BCUT2D eigenvalue weighted by Crippen LogP contribution is -2.55. The van der Waals surface area contributed by atoms with Crippen LogP contribution < -0.4 is 27.8 Å². The molecule has 0 aromatic rings. The number of aliphatic carboxylic acids is 1. The van der Waals surface area contributed by atoms with Gasteiger partial charge in [0.2, 0.25) is 17.7 Å². The van der Waals surface area contributed by atoms with Crippen molar-refractivity contribution in [3.8, 4) is 0 Å². The molecule has 0 aliphatic heterocycles. The molecule has 3 atom stereocenters. The van der Waals surface area contributed by atoms with Crippen molar-refractivity contribution in [2.24, 2.45) is 17.2 Å². The number of amides is 3. The molecular weight excluding hydrogens is 334 g/mol. The van der Waals surface area contributed by atoms with Gasteiger partial charge in [-0.05, 0) is 32.2 Å². The van der Waals surface area contributed by atoms with Gasteiger partial charge in [-0.25, -0.2) is 4.79 Å². The summed E-state index contributed by atoms with van der Waals surface area (Å²) in [4.78, 5) is 46.2. The van der Waals surface area contributed by atoms with Gasteiger partial charge in [0, 0.05) is 6.42 Å². The Balaban J connectivity index is 4.94. The van der Waals surface area contributed by atoms with Crippen LogP contribution >= 0.6 is 0 Å². The van der Waals surface area contributed by atoms with Crippen molar-refractivity contribution in [2.75, 3.05) is 13.2 Å². The van der Waals surface area contributed by atoms with Crippen LogP contribution in [0.3, 0.4) is 0 Å². The first-order valence-corrected chi connectivity index (χ1v) is 7.91. The summed E-state index contributed by atoms with van der Waals surface area (Å²) in [6, 6.07) is -3.60. The summed E-state index contributed by atoms with van der Waals surface area (Å²) in [7, 11) is 0. The van der Waals surface area contributed by atoms with Gasteiger partial charge >= 0.3 is 5.97 Å². The Bertz CT molecular complexity index is 473. The minimum Gasteiger partial charge on any atom is -0.480 e. The molecule has 0 heterocycles. The second-order valence-corrected chi connectivity index (χ2v) is 5.54. The van der Waals surface area contributed by atoms with Crippen LogP contribution in [0.15, 0.2) is 0 Å². The zero-order chi connectivity index (χ0) is 19.4. The smallest absolute Gasteiger partial charge is 0.326 e. The maximum absolute atomic E-state index is 12.3. The van der Waals surface area contributed by atoms with E-state index in [4.69, 9.17) is 27.4 Å². The topological polar surface area (TPSA) is 211 Å². The number of nitrogens with two attached hydrogens (primary N) is 3. The normalized spacial score (nSPS) is 14.2. The van der Waals surface area contributed by atoms with E-state index in [1.54, 1.807) is 0 Å². The molecule has 25 heavy (non-hydrogen) atoms. The lowest BCUT2D eigenvalue weighted by molar-refractivity contribution is -0.142. The van der Waals surface area contributed by atoms with E-state index in [2.05, 4.69) is 10.6 Å². The first kappa shape index (κ1) is 22.8. The molecule has 144 valence electrons. The fourth-order valence-electron chi connectivity index (χ4n) is 1.94. The van der Waals surface area contributed by atoms with Crippen LogP contribution in [0.5, 0.6) is 0 Å². The quantitative estimate of drug-likeness (QED) is 0.165. The van der Waals surface area contributed by atoms with Crippen molar-refractivity contribution in [2.45, 2.75) is 50.2 Å². The molecule has 0 aromatic heterocycles. The number of carboxylic acids is 1. The zero-order valence-electron chi connectivity index (χ0n) is 13.9. The monoisotopic (exact) mass is 361 g/mol. The van der Waals surface area contributed by atoms with Crippen LogP contribution in [0.4, 0.5) is 0 Å². The standard InChI is InChI=1S/C14H27N5O6/c15-6-2-1-3-10(14(24)25)19-13(23)9(4-5-11(17)21)18-12(22)8(16)7-20/h8-10,20H,1-7,15-16H2,(H2,17,21)(H,18,22)(H,19,23)(H,24,25)/t8-,9-,10-/m0/s1. The van der Waals surface area contributed by atoms with Crippen molar-refractivity contribution >= 4 is 23.7 Å². The molecule has 0 rings (SSSR count). The minimum atomic E-state index is -1.25. The van der Waals surface area contributed by atoms with Crippen LogP contribution in [-0.2, 0) is 19.2 Å². The molecule has 0 unspecified atom stereocenters. The molecule has 11 nitrogen and oxygen atoms in total. The van der Waals surface area contributed by atoms with E-state index >= 15 is 0 Å². The highest BCUT2D eigenvalue weighted by Crippen LogP contribution is 2.04. The number of hydrogen-bond acceptors (Lipinski definition) is 7. The summed E-state index contributed by atoms with van der Waals surface area (Å²) in [6.07, 6.45) is 0.955. The van der Waals surface area contributed by atoms with E-state index in [1.807, 2.05) is 0 Å². The number of carboxylic acid groups (broad SMARTS) is 1. The second-order valence-electron chi connectivity index (χ2n) is 5.54. The molecule has 0 spiro atoms. The number of aliphatic hydroxyl groups is 1. The molecule has 3 amide bonds. The number of rotatable bonds is 13. The molecule has 0 aliphatic rings. The molecule has 0 aliphatic carbocycles. The maximum atomic E-state index is 12.3. The van der Waals surface area contributed by atoms with Gasteiger partial charge in [0.25, 0.3) is 0 Å². The van der Waals surface area contributed by atoms with E-state index in [9.17, 15) is 19.2 Å². The number of unbranched alkanes of at least 4 members (excludes halogenated alkanes) is 1. The highest BCUT2D eigenvalue weighted by atomic mass is 16.4. The van der Waals surface area contributed by atoms with Gasteiger partial charge in [0.15, 0.2) is 0 Å². The van der Waals surface area contributed by atoms with Crippen LogP contribution in [-0.4, -0.2) is 65.2 Å². The van der Waals surface area contributed by atoms with Gasteiger partial charge in [0.05, 0.1) is 6.61 Å². The second kappa shape index (κ2) is 12.2. The number of hydrogen-bond donors (Lipinski definition) is 7. The number of aliphatic hydroxyl groups excluding tert-OH is 1. The van der Waals surface area contributed by atoms with Crippen molar-refractivity contribution in [3.05, 3.63) is 0 Å². The van der Waals surface area contributed by atoms with E-state index in [-0.39, 0.29) is 19.3 Å². The Kier molecular flexibility index (Phi) is 11.1. The zero-order valence-corrected chi connectivity index (χ0v) is 13.9. The van der Waals surface area contributed by atoms with E-state index in [0.717, 1.165) is 0 Å². The summed E-state index contributed by atoms with van der Waals surface area (Å²) >= 11 is 0. The van der Waals surface area contributed by atoms with E-state index < -0.39 is 48.4 Å². The van der Waals surface area contributed by atoms with E-state index in [1.165, 1.54) is 0 Å². The molecule has 0 radical (unpaired) electrons. The fraction of sp³-hybridized carbons (Fsp3) is 0.714. The lowest BCUT2D eigenvalue weighted by atomic mass is 10.1. The van der Waals surface area contributed by atoms with Crippen LogP contribution in [0.1, 0.15) is 32.1 Å². The largest absolute Gasteiger partial charge is 0.480 e. The molecule has 0 bridgehead atoms. The van der Waals surface area contributed by atoms with Gasteiger partial charge in [-0.1, -0.05) is 0 Å². The number of primary amides is 1. The lowest BCUT2D eigenvalue weighted by Gasteiger charge is -2.22. The highest BCUT2D eigenvalue weighted by molar-refractivity contribution is 5.92. The third kappa shape index (κ3) is 9.59. The van der Waals surface area contributed by atoms with Crippen LogP contribution in [0.25, 0.3) is 0 Å². The van der Waals surface area contributed by atoms with Crippen LogP contribution in [0.2, 0.25) is 0 Å². The SMILES string of the molecule is NCCCC[C@H](NC(=O)[C@H](CCC(N)=O)NC(=O)[C@@H](N)CO)C(=O)O. The van der Waals surface area contributed by atoms with Gasteiger partial charge in [-0.15, -0.1) is 0 Å². The van der Waals surface area contributed by atoms with Gasteiger partial charge in [-0.3, -0.25) is 14.4 Å². The Morgan fingerprint density at radius 2 is 1.56 bits per heavy atom. The highest BCUT2D eigenvalue weighted by Gasteiger charge is 2.27. The Hall–Kier alpha value is -2.24. The number of nitrogens with one attached hydrogen (secondary N) is 2.